The summed E-state index contributed by atoms with van der Waals surface area (Å²) < 4.78 is 24.8. The standard InChI is InChI=1S/C7H10F2O.C2H6/c1-5(10)6-2-3-7(8,9)4-6;1-2/h6H,2-4H2,1H3;1-2H3. The molecule has 1 aliphatic rings. The van der Waals surface area contributed by atoms with E-state index in [0.29, 0.717) is 6.42 Å². The Bertz CT molecular complexity index is 155. The number of hydrogen-bond donors (Lipinski definition) is 0. The highest BCUT2D eigenvalue weighted by Crippen LogP contribution is 2.38. The van der Waals surface area contributed by atoms with Crippen molar-refractivity contribution in [3.05, 3.63) is 0 Å². The average molecular weight is 178 g/mol. The van der Waals surface area contributed by atoms with Crippen molar-refractivity contribution in [3.63, 3.8) is 0 Å². The molecule has 1 fully saturated rings. The molecule has 12 heavy (non-hydrogen) atoms. The van der Waals surface area contributed by atoms with Gasteiger partial charge in [-0.3, -0.25) is 4.79 Å². The number of Topliss-reactive ketones (excluding diaryl/α,β-unsaturated/α-hetero) is 1. The molecule has 0 spiro atoms. The molecule has 72 valence electrons. The normalized spacial score (nSPS) is 25.9. The predicted octanol–water partition coefficient (Wildman–Crippen LogP) is 3.04. The first-order chi connectivity index (χ1) is 5.51. The Hall–Kier alpha value is -0.470. The number of rotatable bonds is 1. The van der Waals surface area contributed by atoms with Crippen LogP contribution in [-0.2, 0) is 4.79 Å². The molecule has 0 saturated heterocycles. The average Bonchev–Trinajstić information content (AvgIpc) is 2.35. The summed E-state index contributed by atoms with van der Waals surface area (Å²) in [6, 6.07) is 0. The van der Waals surface area contributed by atoms with Crippen molar-refractivity contribution in [3.8, 4) is 0 Å². The summed E-state index contributed by atoms with van der Waals surface area (Å²) in [4.78, 5) is 10.6. The predicted molar refractivity (Wildman–Crippen MR) is 44.3 cm³/mol. The fraction of sp³-hybridized carbons (Fsp3) is 0.889. The molecular weight excluding hydrogens is 162 g/mol. The topological polar surface area (TPSA) is 17.1 Å². The lowest BCUT2D eigenvalue weighted by Crippen LogP contribution is -2.12. The van der Waals surface area contributed by atoms with E-state index < -0.39 is 5.92 Å². The number of carbonyl (C=O) groups excluding carboxylic acids is 1. The zero-order valence-electron chi connectivity index (χ0n) is 7.86. The molecular formula is C9H16F2O. The van der Waals surface area contributed by atoms with Crippen LogP contribution in [0.25, 0.3) is 0 Å². The highest BCUT2D eigenvalue weighted by molar-refractivity contribution is 5.78. The van der Waals surface area contributed by atoms with Crippen LogP contribution in [0.5, 0.6) is 0 Å². The van der Waals surface area contributed by atoms with Crippen molar-refractivity contribution in [1.29, 1.82) is 0 Å². The molecule has 1 unspecified atom stereocenters. The van der Waals surface area contributed by atoms with Crippen LogP contribution in [0.4, 0.5) is 8.78 Å². The van der Waals surface area contributed by atoms with Crippen LogP contribution < -0.4 is 0 Å². The van der Waals surface area contributed by atoms with E-state index in [2.05, 4.69) is 0 Å². The van der Waals surface area contributed by atoms with Gasteiger partial charge in [-0.1, -0.05) is 13.8 Å². The molecule has 0 aromatic rings. The molecule has 1 rings (SSSR count). The SMILES string of the molecule is CC.CC(=O)C1CCC(F)(F)C1. The van der Waals surface area contributed by atoms with Crippen LogP contribution in [0.15, 0.2) is 0 Å². The van der Waals surface area contributed by atoms with Crippen LogP contribution in [0, 0.1) is 5.92 Å². The Balaban J connectivity index is 0.000000561. The maximum absolute atomic E-state index is 12.4. The Morgan fingerprint density at radius 2 is 1.92 bits per heavy atom. The maximum atomic E-state index is 12.4. The minimum Gasteiger partial charge on any atom is -0.300 e. The number of ketones is 1. The van der Waals surface area contributed by atoms with Gasteiger partial charge in [0.2, 0.25) is 5.92 Å². The minimum absolute atomic E-state index is 0.0998. The summed E-state index contributed by atoms with van der Waals surface area (Å²) >= 11 is 0. The molecule has 0 aliphatic heterocycles. The second kappa shape index (κ2) is 4.53. The first kappa shape index (κ1) is 11.5. The molecule has 1 atom stereocenters. The van der Waals surface area contributed by atoms with Gasteiger partial charge in [-0.25, -0.2) is 8.78 Å². The van der Waals surface area contributed by atoms with Gasteiger partial charge in [0, 0.05) is 18.8 Å². The molecule has 0 heterocycles. The summed E-state index contributed by atoms with van der Waals surface area (Å²) in [5.41, 5.74) is 0. The van der Waals surface area contributed by atoms with Crippen molar-refractivity contribution in [2.75, 3.05) is 0 Å². The summed E-state index contributed by atoms with van der Waals surface area (Å²) in [6.07, 6.45) is 0.0158. The molecule has 0 amide bonds. The Morgan fingerprint density at radius 1 is 1.42 bits per heavy atom. The molecule has 3 heteroatoms. The number of halogens is 2. The highest BCUT2D eigenvalue weighted by atomic mass is 19.3. The van der Waals surface area contributed by atoms with E-state index in [9.17, 15) is 13.6 Å². The summed E-state index contributed by atoms with van der Waals surface area (Å²) in [6.45, 7) is 5.38. The Morgan fingerprint density at radius 3 is 2.08 bits per heavy atom. The van der Waals surface area contributed by atoms with Crippen molar-refractivity contribution in [2.24, 2.45) is 5.92 Å². The third-order valence-electron chi connectivity index (χ3n) is 1.98. The van der Waals surface area contributed by atoms with Crippen molar-refractivity contribution in [2.45, 2.75) is 46.0 Å². The van der Waals surface area contributed by atoms with Gasteiger partial charge in [0.05, 0.1) is 0 Å². The minimum atomic E-state index is -2.57. The molecule has 0 radical (unpaired) electrons. The van der Waals surface area contributed by atoms with Crippen molar-refractivity contribution in [1.82, 2.24) is 0 Å². The van der Waals surface area contributed by atoms with E-state index in [0.717, 1.165) is 0 Å². The van der Waals surface area contributed by atoms with E-state index in [4.69, 9.17) is 0 Å². The first-order valence-corrected chi connectivity index (χ1v) is 4.39. The second-order valence-electron chi connectivity index (χ2n) is 2.91. The van der Waals surface area contributed by atoms with Gasteiger partial charge in [-0.15, -0.1) is 0 Å². The molecule has 0 aromatic heterocycles. The fourth-order valence-corrected chi connectivity index (χ4v) is 1.30. The summed E-state index contributed by atoms with van der Waals surface area (Å²) in [5.74, 6) is -3.05. The monoisotopic (exact) mass is 178 g/mol. The zero-order chi connectivity index (χ0) is 9.78. The van der Waals surface area contributed by atoms with Crippen molar-refractivity contribution < 1.29 is 13.6 Å². The Kier molecular flexibility index (Phi) is 4.35. The lowest BCUT2D eigenvalue weighted by Gasteiger charge is -2.06. The van der Waals surface area contributed by atoms with Crippen LogP contribution >= 0.6 is 0 Å². The second-order valence-corrected chi connectivity index (χ2v) is 2.91. The lowest BCUT2D eigenvalue weighted by molar-refractivity contribution is -0.121. The van der Waals surface area contributed by atoms with E-state index in [-0.39, 0.29) is 24.5 Å². The van der Waals surface area contributed by atoms with Crippen LogP contribution in [-0.4, -0.2) is 11.7 Å². The largest absolute Gasteiger partial charge is 0.300 e. The van der Waals surface area contributed by atoms with Gasteiger partial charge < -0.3 is 0 Å². The third-order valence-corrected chi connectivity index (χ3v) is 1.98. The quantitative estimate of drug-likeness (QED) is 0.603. The highest BCUT2D eigenvalue weighted by Gasteiger charge is 2.40. The van der Waals surface area contributed by atoms with E-state index in [1.165, 1.54) is 6.92 Å². The van der Waals surface area contributed by atoms with Gasteiger partial charge in [0.25, 0.3) is 0 Å². The van der Waals surface area contributed by atoms with Crippen LogP contribution in [0.2, 0.25) is 0 Å². The number of carbonyl (C=O) groups is 1. The number of alkyl halides is 2. The number of hydrogen-bond acceptors (Lipinski definition) is 1. The molecule has 0 N–H and O–H groups in total. The molecule has 0 bridgehead atoms. The van der Waals surface area contributed by atoms with E-state index >= 15 is 0 Å². The summed E-state index contributed by atoms with van der Waals surface area (Å²) in [7, 11) is 0. The van der Waals surface area contributed by atoms with Crippen LogP contribution in [0.3, 0.4) is 0 Å². The molecule has 1 saturated carbocycles. The van der Waals surface area contributed by atoms with Gasteiger partial charge >= 0.3 is 0 Å². The van der Waals surface area contributed by atoms with E-state index in [1.54, 1.807) is 0 Å². The van der Waals surface area contributed by atoms with Crippen LogP contribution in [0.1, 0.15) is 40.0 Å². The smallest absolute Gasteiger partial charge is 0.248 e. The Labute approximate surface area is 72.2 Å². The lowest BCUT2D eigenvalue weighted by atomic mass is 10.0. The zero-order valence-corrected chi connectivity index (χ0v) is 7.86. The third kappa shape index (κ3) is 3.28. The van der Waals surface area contributed by atoms with Gasteiger partial charge in [-0.05, 0) is 13.3 Å². The first-order valence-electron chi connectivity index (χ1n) is 4.39. The molecule has 0 aromatic carbocycles. The van der Waals surface area contributed by atoms with Gasteiger partial charge in [0.1, 0.15) is 5.78 Å². The van der Waals surface area contributed by atoms with E-state index in [1.807, 2.05) is 13.8 Å². The maximum Gasteiger partial charge on any atom is 0.248 e. The van der Waals surface area contributed by atoms with Gasteiger partial charge in [0.15, 0.2) is 0 Å². The van der Waals surface area contributed by atoms with Gasteiger partial charge in [-0.2, -0.15) is 0 Å². The fourth-order valence-electron chi connectivity index (χ4n) is 1.30. The molecule has 1 nitrogen and oxygen atoms in total. The summed E-state index contributed by atoms with van der Waals surface area (Å²) in [5, 5.41) is 0. The van der Waals surface area contributed by atoms with Crippen molar-refractivity contribution >= 4 is 5.78 Å². The molecule has 1 aliphatic carbocycles.